The lowest BCUT2D eigenvalue weighted by Crippen LogP contribution is -2.52. The smallest absolute Gasteiger partial charge is 0.308 e. The van der Waals surface area contributed by atoms with Gasteiger partial charge in [0, 0.05) is 40.8 Å². The molecule has 1 amide bonds. The lowest BCUT2D eigenvalue weighted by atomic mass is 9.84. The third kappa shape index (κ3) is 4.44. The Balaban J connectivity index is 1.94. The second-order valence-corrected chi connectivity index (χ2v) is 7.37. The first-order chi connectivity index (χ1) is 11.9. The summed E-state index contributed by atoms with van der Waals surface area (Å²) in [4.78, 5) is 32.6. The van der Waals surface area contributed by atoms with Crippen LogP contribution in [0.3, 0.4) is 0 Å². The number of esters is 1. The van der Waals surface area contributed by atoms with E-state index in [9.17, 15) is 9.59 Å². The van der Waals surface area contributed by atoms with Crippen LogP contribution in [0.2, 0.25) is 0 Å². The summed E-state index contributed by atoms with van der Waals surface area (Å²) in [5.74, 6) is 0.887. The Labute approximate surface area is 150 Å². The van der Waals surface area contributed by atoms with E-state index in [2.05, 4.69) is 15.2 Å². The van der Waals surface area contributed by atoms with Gasteiger partial charge in [0.25, 0.3) is 0 Å². The molecule has 1 heterocycles. The quantitative estimate of drug-likeness (QED) is 0.466. The molecule has 0 bridgehead atoms. The molecule has 0 spiro atoms. The summed E-state index contributed by atoms with van der Waals surface area (Å²) in [5.41, 5.74) is -0.316. The van der Waals surface area contributed by atoms with Gasteiger partial charge in [0.2, 0.25) is 5.91 Å². The highest BCUT2D eigenvalue weighted by molar-refractivity contribution is 5.85. The highest BCUT2D eigenvalue weighted by Crippen LogP contribution is 2.39. The molecule has 0 aromatic rings. The number of carbonyl (C=O) groups is 2. The summed E-state index contributed by atoms with van der Waals surface area (Å²) in [6.45, 7) is 2.16. The number of amides is 1. The van der Waals surface area contributed by atoms with Gasteiger partial charge in [-0.2, -0.15) is 0 Å². The third-order valence-corrected chi connectivity index (χ3v) is 5.55. The standard InChI is InChI=1S/C18H32N4O3/c1-19-17(22-11-7-14(8-12-22)15(23)25-4)20-13-18(9-5-6-10-18)16(24)21(2)3/h14H,5-13H2,1-4H3,(H,19,20). The Hall–Kier alpha value is -1.79. The first kappa shape index (κ1) is 19.5. The minimum Gasteiger partial charge on any atom is -0.469 e. The van der Waals surface area contributed by atoms with E-state index in [1.807, 2.05) is 14.1 Å². The number of ether oxygens (including phenoxy) is 1. The second-order valence-electron chi connectivity index (χ2n) is 7.37. The summed E-state index contributed by atoms with van der Waals surface area (Å²) >= 11 is 0. The maximum absolute atomic E-state index is 12.7. The first-order valence-electron chi connectivity index (χ1n) is 9.18. The van der Waals surface area contributed by atoms with Crippen molar-refractivity contribution in [2.24, 2.45) is 16.3 Å². The zero-order chi connectivity index (χ0) is 18.4. The average molecular weight is 352 g/mol. The molecule has 0 atom stereocenters. The van der Waals surface area contributed by atoms with Crippen LogP contribution < -0.4 is 5.32 Å². The molecule has 2 aliphatic rings. The number of methoxy groups -OCH3 is 1. The highest BCUT2D eigenvalue weighted by Gasteiger charge is 2.42. The highest BCUT2D eigenvalue weighted by atomic mass is 16.5. The summed E-state index contributed by atoms with van der Waals surface area (Å²) in [7, 11) is 6.87. The van der Waals surface area contributed by atoms with Crippen molar-refractivity contribution in [1.82, 2.24) is 15.1 Å². The molecule has 0 aromatic heterocycles. The zero-order valence-corrected chi connectivity index (χ0v) is 16.0. The number of nitrogens with zero attached hydrogens (tertiary/aromatic N) is 3. The molecule has 7 heteroatoms. The lowest BCUT2D eigenvalue weighted by molar-refractivity contribution is -0.146. The normalized spacial score (nSPS) is 21.1. The Bertz CT molecular complexity index is 504. The molecular formula is C18H32N4O3. The van der Waals surface area contributed by atoms with Crippen LogP contribution in [0, 0.1) is 11.3 Å². The molecule has 0 radical (unpaired) electrons. The number of hydrogen-bond donors (Lipinski definition) is 1. The number of carbonyl (C=O) groups excluding carboxylic acids is 2. The number of piperidine rings is 1. The fourth-order valence-electron chi connectivity index (χ4n) is 4.07. The second kappa shape index (κ2) is 8.54. The summed E-state index contributed by atoms with van der Waals surface area (Å²) in [5, 5.41) is 3.43. The number of hydrogen-bond acceptors (Lipinski definition) is 4. The molecule has 142 valence electrons. The van der Waals surface area contributed by atoms with Crippen molar-refractivity contribution in [2.45, 2.75) is 38.5 Å². The van der Waals surface area contributed by atoms with Gasteiger partial charge in [-0.1, -0.05) is 12.8 Å². The van der Waals surface area contributed by atoms with E-state index < -0.39 is 0 Å². The topological polar surface area (TPSA) is 74.2 Å². The van der Waals surface area contributed by atoms with E-state index in [1.165, 1.54) is 7.11 Å². The van der Waals surface area contributed by atoms with Crippen LogP contribution in [-0.4, -0.2) is 75.5 Å². The van der Waals surface area contributed by atoms with Crippen LogP contribution in [0.4, 0.5) is 0 Å². The predicted molar refractivity (Wildman–Crippen MR) is 97.3 cm³/mol. The van der Waals surface area contributed by atoms with Crippen molar-refractivity contribution in [3.8, 4) is 0 Å². The predicted octanol–water partition coefficient (Wildman–Crippen LogP) is 1.10. The van der Waals surface area contributed by atoms with Gasteiger partial charge in [-0.05, 0) is 25.7 Å². The van der Waals surface area contributed by atoms with Crippen LogP contribution in [0.1, 0.15) is 38.5 Å². The van der Waals surface area contributed by atoms with Crippen molar-refractivity contribution >= 4 is 17.8 Å². The Kier molecular flexibility index (Phi) is 6.67. The van der Waals surface area contributed by atoms with Gasteiger partial charge in [-0.15, -0.1) is 0 Å². The summed E-state index contributed by atoms with van der Waals surface area (Å²) < 4.78 is 4.84. The fourth-order valence-corrected chi connectivity index (χ4v) is 4.07. The fraction of sp³-hybridized carbons (Fsp3) is 0.833. The van der Waals surface area contributed by atoms with E-state index in [-0.39, 0.29) is 23.2 Å². The number of guanidine groups is 1. The molecule has 2 rings (SSSR count). The molecule has 1 aliphatic carbocycles. The van der Waals surface area contributed by atoms with Crippen molar-refractivity contribution in [2.75, 3.05) is 47.9 Å². The SMILES string of the molecule is CN=C(NCC1(C(=O)N(C)C)CCCC1)N1CCC(C(=O)OC)CC1. The van der Waals surface area contributed by atoms with Crippen molar-refractivity contribution < 1.29 is 14.3 Å². The number of aliphatic imine (C=N–C) groups is 1. The van der Waals surface area contributed by atoms with Crippen molar-refractivity contribution in [3.05, 3.63) is 0 Å². The average Bonchev–Trinajstić information content (AvgIpc) is 3.11. The van der Waals surface area contributed by atoms with E-state index >= 15 is 0 Å². The van der Waals surface area contributed by atoms with E-state index in [4.69, 9.17) is 4.74 Å². The van der Waals surface area contributed by atoms with Gasteiger partial charge in [-0.3, -0.25) is 14.6 Å². The third-order valence-electron chi connectivity index (χ3n) is 5.55. The van der Waals surface area contributed by atoms with Gasteiger partial charge in [-0.25, -0.2) is 0 Å². The molecule has 0 aromatic carbocycles. The van der Waals surface area contributed by atoms with Crippen LogP contribution >= 0.6 is 0 Å². The van der Waals surface area contributed by atoms with Gasteiger partial charge >= 0.3 is 5.97 Å². The monoisotopic (exact) mass is 352 g/mol. The first-order valence-corrected chi connectivity index (χ1v) is 9.18. The molecule has 1 N–H and O–H groups in total. The maximum Gasteiger partial charge on any atom is 0.308 e. The number of likely N-dealkylation sites (tertiary alicyclic amines) is 1. The van der Waals surface area contributed by atoms with Crippen LogP contribution in [0.15, 0.2) is 4.99 Å². The number of rotatable bonds is 4. The molecular weight excluding hydrogens is 320 g/mol. The van der Waals surface area contributed by atoms with Gasteiger partial charge < -0.3 is 19.9 Å². The van der Waals surface area contributed by atoms with Crippen LogP contribution in [-0.2, 0) is 14.3 Å². The molecule has 25 heavy (non-hydrogen) atoms. The summed E-state index contributed by atoms with van der Waals surface area (Å²) in [6.07, 6.45) is 5.61. The molecule has 2 fully saturated rings. The minimum atomic E-state index is -0.316. The van der Waals surface area contributed by atoms with E-state index in [0.29, 0.717) is 6.54 Å². The molecule has 0 unspecified atom stereocenters. The van der Waals surface area contributed by atoms with E-state index in [1.54, 1.807) is 11.9 Å². The van der Waals surface area contributed by atoms with E-state index in [0.717, 1.165) is 57.6 Å². The molecule has 1 saturated carbocycles. The largest absolute Gasteiger partial charge is 0.469 e. The van der Waals surface area contributed by atoms with Gasteiger partial charge in [0.15, 0.2) is 5.96 Å². The van der Waals surface area contributed by atoms with Gasteiger partial charge in [0.05, 0.1) is 18.4 Å². The van der Waals surface area contributed by atoms with Crippen molar-refractivity contribution in [1.29, 1.82) is 0 Å². The Morgan fingerprint density at radius 2 is 1.84 bits per heavy atom. The lowest BCUT2D eigenvalue weighted by Gasteiger charge is -2.36. The molecule has 1 saturated heterocycles. The van der Waals surface area contributed by atoms with Crippen LogP contribution in [0.25, 0.3) is 0 Å². The molecule has 7 nitrogen and oxygen atoms in total. The zero-order valence-electron chi connectivity index (χ0n) is 16.0. The Morgan fingerprint density at radius 3 is 2.32 bits per heavy atom. The maximum atomic E-state index is 12.7. The Morgan fingerprint density at radius 1 is 1.24 bits per heavy atom. The van der Waals surface area contributed by atoms with Crippen LogP contribution in [0.5, 0.6) is 0 Å². The minimum absolute atomic E-state index is 0.0177. The summed E-state index contributed by atoms with van der Waals surface area (Å²) in [6, 6.07) is 0. The number of nitrogens with one attached hydrogen (secondary N) is 1. The molecule has 1 aliphatic heterocycles. The van der Waals surface area contributed by atoms with Crippen molar-refractivity contribution in [3.63, 3.8) is 0 Å². The van der Waals surface area contributed by atoms with Gasteiger partial charge in [0.1, 0.15) is 0 Å².